The molecule has 0 radical (unpaired) electrons. The molecule has 0 atom stereocenters. The van der Waals surface area contributed by atoms with E-state index in [1.165, 1.54) is 25.7 Å². The molecule has 0 aromatic carbocycles. The highest BCUT2D eigenvalue weighted by Crippen LogP contribution is 2.29. The van der Waals surface area contributed by atoms with Crippen LogP contribution in [0.3, 0.4) is 0 Å². The van der Waals surface area contributed by atoms with Crippen LogP contribution in [0.2, 0.25) is 0 Å². The Bertz CT molecular complexity index is 300. The second-order valence-electron chi connectivity index (χ2n) is 4.76. The summed E-state index contributed by atoms with van der Waals surface area (Å²) in [6.45, 7) is 5.42. The van der Waals surface area contributed by atoms with Crippen molar-refractivity contribution in [1.82, 2.24) is 9.55 Å². The highest BCUT2D eigenvalue weighted by atomic mass is 15.2. The van der Waals surface area contributed by atoms with E-state index in [1.807, 2.05) is 12.4 Å². The molecule has 3 heteroatoms. The Morgan fingerprint density at radius 2 is 2.33 bits per heavy atom. The summed E-state index contributed by atoms with van der Waals surface area (Å²) in [6, 6.07) is 0.485. The van der Waals surface area contributed by atoms with E-state index in [0.29, 0.717) is 6.04 Å². The van der Waals surface area contributed by atoms with Crippen LogP contribution in [-0.4, -0.2) is 16.1 Å². The summed E-state index contributed by atoms with van der Waals surface area (Å²) in [5.41, 5.74) is 0. The lowest BCUT2D eigenvalue weighted by molar-refractivity contribution is 0.302. The van der Waals surface area contributed by atoms with Crippen LogP contribution < -0.4 is 5.32 Å². The molecule has 1 N–H and O–H groups in total. The van der Waals surface area contributed by atoms with E-state index in [-0.39, 0.29) is 0 Å². The Hall–Kier alpha value is -0.990. The zero-order valence-electron chi connectivity index (χ0n) is 9.74. The zero-order valence-corrected chi connectivity index (χ0v) is 9.74. The van der Waals surface area contributed by atoms with E-state index in [1.54, 1.807) is 0 Å². The summed E-state index contributed by atoms with van der Waals surface area (Å²) < 4.78 is 2.18. The van der Waals surface area contributed by atoms with Crippen LogP contribution in [0, 0.1) is 5.92 Å². The van der Waals surface area contributed by atoms with Gasteiger partial charge in [0.25, 0.3) is 0 Å². The number of hydrogen-bond acceptors (Lipinski definition) is 2. The van der Waals surface area contributed by atoms with Gasteiger partial charge in [0.2, 0.25) is 5.95 Å². The molecule has 0 unspecified atom stereocenters. The van der Waals surface area contributed by atoms with E-state index < -0.39 is 0 Å². The van der Waals surface area contributed by atoms with Crippen molar-refractivity contribution in [3.05, 3.63) is 12.4 Å². The molecule has 1 aliphatic rings. The van der Waals surface area contributed by atoms with Gasteiger partial charge in [0, 0.05) is 25.0 Å². The fraction of sp³-hybridized carbons (Fsp3) is 0.750. The maximum Gasteiger partial charge on any atom is 0.203 e. The maximum absolute atomic E-state index is 4.33. The van der Waals surface area contributed by atoms with Crippen molar-refractivity contribution >= 4 is 5.95 Å². The van der Waals surface area contributed by atoms with Gasteiger partial charge in [-0.1, -0.05) is 19.3 Å². The van der Waals surface area contributed by atoms with Crippen LogP contribution in [0.25, 0.3) is 0 Å². The molecule has 1 aromatic heterocycles. The number of nitrogens with one attached hydrogen (secondary N) is 1. The largest absolute Gasteiger partial charge is 0.356 e. The second kappa shape index (κ2) is 4.69. The summed E-state index contributed by atoms with van der Waals surface area (Å²) in [7, 11) is 0. The van der Waals surface area contributed by atoms with Crippen molar-refractivity contribution in [1.29, 1.82) is 0 Å². The smallest absolute Gasteiger partial charge is 0.203 e. The van der Waals surface area contributed by atoms with Crippen molar-refractivity contribution in [3.63, 3.8) is 0 Å². The minimum absolute atomic E-state index is 0.485. The van der Waals surface area contributed by atoms with Gasteiger partial charge in [0.15, 0.2) is 0 Å². The lowest BCUT2D eigenvalue weighted by atomic mass is 9.83. The van der Waals surface area contributed by atoms with Gasteiger partial charge in [-0.15, -0.1) is 0 Å². The Labute approximate surface area is 91.9 Å². The highest BCUT2D eigenvalue weighted by Gasteiger charge is 2.16. The van der Waals surface area contributed by atoms with Crippen molar-refractivity contribution in [2.75, 3.05) is 11.9 Å². The lowest BCUT2D eigenvalue weighted by Gasteiger charge is -2.25. The molecule has 1 saturated carbocycles. The molecule has 0 bridgehead atoms. The number of rotatable bonds is 5. The van der Waals surface area contributed by atoms with E-state index in [2.05, 4.69) is 28.7 Å². The molecule has 15 heavy (non-hydrogen) atoms. The third-order valence-corrected chi connectivity index (χ3v) is 3.29. The topological polar surface area (TPSA) is 29.9 Å². The predicted octanol–water partition coefficient (Wildman–Crippen LogP) is 3.07. The van der Waals surface area contributed by atoms with Crippen molar-refractivity contribution in [2.45, 2.75) is 45.6 Å². The van der Waals surface area contributed by atoms with Gasteiger partial charge in [-0.2, -0.15) is 0 Å². The first kappa shape index (κ1) is 10.5. The quantitative estimate of drug-likeness (QED) is 0.804. The maximum atomic E-state index is 4.33. The van der Waals surface area contributed by atoms with Crippen LogP contribution in [0.5, 0.6) is 0 Å². The van der Waals surface area contributed by atoms with Crippen molar-refractivity contribution in [3.8, 4) is 0 Å². The van der Waals surface area contributed by atoms with Gasteiger partial charge < -0.3 is 9.88 Å². The molecule has 0 spiro atoms. The zero-order chi connectivity index (χ0) is 10.7. The number of aromatic nitrogens is 2. The lowest BCUT2D eigenvalue weighted by Crippen LogP contribution is -2.17. The third-order valence-electron chi connectivity index (χ3n) is 3.29. The summed E-state index contributed by atoms with van der Waals surface area (Å²) in [6.07, 6.45) is 9.50. The second-order valence-corrected chi connectivity index (χ2v) is 4.76. The van der Waals surface area contributed by atoms with Gasteiger partial charge in [-0.25, -0.2) is 4.98 Å². The van der Waals surface area contributed by atoms with E-state index >= 15 is 0 Å². The van der Waals surface area contributed by atoms with Crippen LogP contribution in [-0.2, 0) is 0 Å². The molecule has 3 nitrogen and oxygen atoms in total. The first-order valence-electron chi connectivity index (χ1n) is 6.04. The molecule has 1 fully saturated rings. The average Bonchev–Trinajstić information content (AvgIpc) is 2.57. The summed E-state index contributed by atoms with van der Waals surface area (Å²) in [5.74, 6) is 1.99. The molecule has 1 aromatic rings. The summed E-state index contributed by atoms with van der Waals surface area (Å²) in [4.78, 5) is 4.33. The molecular formula is C12H21N3. The van der Waals surface area contributed by atoms with Crippen LogP contribution in [0.15, 0.2) is 12.4 Å². The fourth-order valence-corrected chi connectivity index (χ4v) is 2.04. The number of nitrogens with zero attached hydrogens (tertiary/aromatic N) is 2. The Morgan fingerprint density at radius 1 is 1.53 bits per heavy atom. The molecule has 84 valence electrons. The van der Waals surface area contributed by atoms with E-state index in [0.717, 1.165) is 18.4 Å². The monoisotopic (exact) mass is 207 g/mol. The average molecular weight is 207 g/mol. The van der Waals surface area contributed by atoms with E-state index in [4.69, 9.17) is 0 Å². The van der Waals surface area contributed by atoms with Gasteiger partial charge in [-0.3, -0.25) is 0 Å². The summed E-state index contributed by atoms with van der Waals surface area (Å²) in [5, 5.41) is 3.43. The normalized spacial score (nSPS) is 16.7. The molecular weight excluding hydrogens is 186 g/mol. The molecule has 1 aliphatic carbocycles. The van der Waals surface area contributed by atoms with Crippen molar-refractivity contribution in [2.24, 2.45) is 5.92 Å². The first-order chi connectivity index (χ1) is 7.27. The number of imidazole rings is 1. The molecule has 0 amide bonds. The third kappa shape index (κ3) is 2.52. The standard InChI is InChI=1S/C12H21N3/c1-10(2)15-9-8-14-12(15)13-7-6-11-4-3-5-11/h8-11H,3-7H2,1-2H3,(H,13,14). The van der Waals surface area contributed by atoms with Crippen molar-refractivity contribution < 1.29 is 0 Å². The highest BCUT2D eigenvalue weighted by molar-refractivity contribution is 5.26. The van der Waals surface area contributed by atoms with E-state index in [9.17, 15) is 0 Å². The molecule has 0 saturated heterocycles. The van der Waals surface area contributed by atoms with Crippen LogP contribution in [0.4, 0.5) is 5.95 Å². The van der Waals surface area contributed by atoms with Gasteiger partial charge >= 0.3 is 0 Å². The van der Waals surface area contributed by atoms with Gasteiger partial charge in [-0.05, 0) is 26.2 Å². The minimum atomic E-state index is 0.485. The number of anilines is 1. The SMILES string of the molecule is CC(C)n1ccnc1NCCC1CCC1. The Kier molecular flexibility index (Phi) is 3.29. The van der Waals surface area contributed by atoms with Crippen LogP contribution >= 0.6 is 0 Å². The minimum Gasteiger partial charge on any atom is -0.356 e. The molecule has 0 aliphatic heterocycles. The van der Waals surface area contributed by atoms with Gasteiger partial charge in [0.1, 0.15) is 0 Å². The summed E-state index contributed by atoms with van der Waals surface area (Å²) >= 11 is 0. The fourth-order valence-electron chi connectivity index (χ4n) is 2.04. The Balaban J connectivity index is 1.79. The van der Waals surface area contributed by atoms with Crippen LogP contribution in [0.1, 0.15) is 45.6 Å². The molecule has 1 heterocycles. The number of hydrogen-bond donors (Lipinski definition) is 1. The Morgan fingerprint density at radius 3 is 2.93 bits per heavy atom. The first-order valence-corrected chi connectivity index (χ1v) is 6.04. The molecule has 2 rings (SSSR count). The van der Waals surface area contributed by atoms with Gasteiger partial charge in [0.05, 0.1) is 0 Å². The predicted molar refractivity (Wildman–Crippen MR) is 63.1 cm³/mol.